The first kappa shape index (κ1) is 17.2. The number of alkyl carbamates (subject to hydrolysis) is 1. The lowest BCUT2D eigenvalue weighted by Gasteiger charge is -2.19. The zero-order valence-electron chi connectivity index (χ0n) is 13.0. The highest BCUT2D eigenvalue weighted by atomic mass is 79.9. The van der Waals surface area contributed by atoms with E-state index < -0.39 is 22.9 Å². The minimum atomic E-state index is -0.612. The van der Waals surface area contributed by atoms with Crippen molar-refractivity contribution < 1.29 is 9.53 Å². The molecule has 1 amide bonds. The van der Waals surface area contributed by atoms with Crippen LogP contribution >= 0.6 is 15.9 Å². The number of nitrogens with zero attached hydrogens (tertiary/aromatic N) is 2. The van der Waals surface area contributed by atoms with Gasteiger partial charge in [-0.15, -0.1) is 0 Å². The number of halogens is 1. The van der Waals surface area contributed by atoms with Gasteiger partial charge in [-0.05, 0) is 42.8 Å². The number of ether oxygens (including phenoxy) is 1. The summed E-state index contributed by atoms with van der Waals surface area (Å²) in [6.45, 7) is 5.35. The van der Waals surface area contributed by atoms with Crippen molar-refractivity contribution in [2.75, 3.05) is 6.54 Å². The molecule has 124 valence electrons. The average molecular weight is 385 g/mol. The second-order valence-corrected chi connectivity index (χ2v) is 6.78. The number of pyridine rings is 1. The summed E-state index contributed by atoms with van der Waals surface area (Å²) in [5, 5.41) is 2.79. The molecule has 0 bridgehead atoms. The van der Waals surface area contributed by atoms with Gasteiger partial charge in [0.2, 0.25) is 0 Å². The molecule has 0 saturated heterocycles. The third-order valence-corrected chi connectivity index (χ3v) is 3.24. The van der Waals surface area contributed by atoms with Crippen LogP contribution in [0.15, 0.2) is 26.3 Å². The number of hydrogen-bond donors (Lipinski definition) is 2. The number of carbonyl (C=O) groups excluding carboxylic acids is 1. The number of H-pyrrole nitrogens is 1. The Morgan fingerprint density at radius 1 is 1.43 bits per heavy atom. The van der Waals surface area contributed by atoms with Crippen LogP contribution in [0.1, 0.15) is 20.8 Å². The van der Waals surface area contributed by atoms with E-state index in [4.69, 9.17) is 4.74 Å². The van der Waals surface area contributed by atoms with Gasteiger partial charge >= 0.3 is 11.8 Å². The zero-order valence-corrected chi connectivity index (χ0v) is 14.6. The van der Waals surface area contributed by atoms with E-state index in [-0.39, 0.29) is 24.1 Å². The largest absolute Gasteiger partial charge is 0.444 e. The summed E-state index contributed by atoms with van der Waals surface area (Å²) >= 11 is 3.23. The SMILES string of the molecule is CC(C)(C)OC(=O)NCCn1c(=O)[nH]c2ncc(Br)cc2c1=O. The molecule has 2 N–H and O–H groups in total. The summed E-state index contributed by atoms with van der Waals surface area (Å²) in [6.07, 6.45) is 0.888. The Hall–Kier alpha value is -2.16. The summed E-state index contributed by atoms with van der Waals surface area (Å²) in [5.41, 5.74) is -1.44. The molecule has 2 rings (SSSR count). The van der Waals surface area contributed by atoms with Crippen molar-refractivity contribution >= 4 is 33.1 Å². The van der Waals surface area contributed by atoms with Crippen molar-refractivity contribution in [2.24, 2.45) is 0 Å². The fraction of sp³-hybridized carbons (Fsp3) is 0.429. The van der Waals surface area contributed by atoms with Gasteiger partial charge in [-0.2, -0.15) is 0 Å². The normalized spacial score (nSPS) is 11.5. The van der Waals surface area contributed by atoms with Gasteiger partial charge < -0.3 is 10.1 Å². The molecular weight excluding hydrogens is 368 g/mol. The van der Waals surface area contributed by atoms with Gasteiger partial charge in [0.05, 0.1) is 5.39 Å². The first-order valence-electron chi connectivity index (χ1n) is 6.92. The molecular formula is C14H17BrN4O4. The molecule has 0 atom stereocenters. The summed E-state index contributed by atoms with van der Waals surface area (Å²) < 4.78 is 6.72. The van der Waals surface area contributed by atoms with Gasteiger partial charge in [0.1, 0.15) is 11.2 Å². The highest BCUT2D eigenvalue weighted by molar-refractivity contribution is 9.10. The van der Waals surface area contributed by atoms with Crippen molar-refractivity contribution in [3.8, 4) is 0 Å². The Kier molecular flexibility index (Phi) is 4.88. The van der Waals surface area contributed by atoms with Gasteiger partial charge in [-0.3, -0.25) is 14.3 Å². The molecule has 23 heavy (non-hydrogen) atoms. The standard InChI is InChI=1S/C14H17BrN4O4/c1-14(2,3)23-13(22)16-4-5-19-11(20)9-6-8(15)7-17-10(9)18-12(19)21/h6-7H,4-5H2,1-3H3,(H,16,22)(H,17,18,21). The maximum atomic E-state index is 12.3. The molecule has 8 nitrogen and oxygen atoms in total. The first-order valence-corrected chi connectivity index (χ1v) is 7.72. The number of amides is 1. The van der Waals surface area contributed by atoms with Crippen LogP contribution < -0.4 is 16.6 Å². The van der Waals surface area contributed by atoms with Crippen LogP contribution in [0.25, 0.3) is 11.0 Å². The first-order chi connectivity index (χ1) is 10.7. The lowest BCUT2D eigenvalue weighted by Crippen LogP contribution is -2.40. The van der Waals surface area contributed by atoms with Crippen molar-refractivity contribution in [1.29, 1.82) is 0 Å². The fourth-order valence-electron chi connectivity index (χ4n) is 1.90. The van der Waals surface area contributed by atoms with Gasteiger partial charge in [-0.25, -0.2) is 14.6 Å². The number of carbonyl (C=O) groups is 1. The van der Waals surface area contributed by atoms with Gasteiger partial charge in [-0.1, -0.05) is 0 Å². The van der Waals surface area contributed by atoms with Crippen LogP contribution in [-0.2, 0) is 11.3 Å². The van der Waals surface area contributed by atoms with E-state index in [9.17, 15) is 14.4 Å². The predicted octanol–water partition coefficient (Wildman–Crippen LogP) is 1.37. The van der Waals surface area contributed by atoms with E-state index in [1.807, 2.05) is 0 Å². The van der Waals surface area contributed by atoms with Crippen LogP contribution in [-0.4, -0.2) is 32.8 Å². The molecule has 0 aromatic carbocycles. The van der Waals surface area contributed by atoms with Crippen LogP contribution in [0.2, 0.25) is 0 Å². The lowest BCUT2D eigenvalue weighted by molar-refractivity contribution is 0.0526. The topological polar surface area (TPSA) is 106 Å². The average Bonchev–Trinajstić information content (AvgIpc) is 2.41. The maximum Gasteiger partial charge on any atom is 0.407 e. The van der Waals surface area contributed by atoms with Crippen molar-refractivity contribution in [1.82, 2.24) is 19.9 Å². The third-order valence-electron chi connectivity index (χ3n) is 2.80. The van der Waals surface area contributed by atoms with E-state index in [2.05, 4.69) is 31.2 Å². The summed E-state index contributed by atoms with van der Waals surface area (Å²) in [7, 11) is 0. The Balaban J connectivity index is 2.16. The molecule has 0 saturated carbocycles. The number of rotatable bonds is 3. The second kappa shape index (κ2) is 6.53. The number of fused-ring (bicyclic) bond motifs is 1. The minimum absolute atomic E-state index is 0.0237. The van der Waals surface area contributed by atoms with E-state index in [1.54, 1.807) is 26.8 Å². The van der Waals surface area contributed by atoms with Crippen molar-refractivity contribution in [3.05, 3.63) is 37.6 Å². The number of nitrogens with one attached hydrogen (secondary N) is 2. The minimum Gasteiger partial charge on any atom is -0.444 e. The highest BCUT2D eigenvalue weighted by Crippen LogP contribution is 2.11. The van der Waals surface area contributed by atoms with Gasteiger partial charge in [0, 0.05) is 23.8 Å². The summed E-state index contributed by atoms with van der Waals surface area (Å²) in [4.78, 5) is 42.4. The highest BCUT2D eigenvalue weighted by Gasteiger charge is 2.16. The molecule has 0 aliphatic carbocycles. The summed E-state index contributed by atoms with van der Waals surface area (Å²) in [6, 6.07) is 1.58. The monoisotopic (exact) mass is 384 g/mol. The fourth-order valence-corrected chi connectivity index (χ4v) is 2.23. The van der Waals surface area contributed by atoms with Crippen molar-refractivity contribution in [3.63, 3.8) is 0 Å². The Morgan fingerprint density at radius 2 is 2.13 bits per heavy atom. The number of aromatic nitrogens is 3. The predicted molar refractivity (Wildman–Crippen MR) is 88.6 cm³/mol. The van der Waals surface area contributed by atoms with E-state index in [1.165, 1.54) is 6.20 Å². The Morgan fingerprint density at radius 3 is 2.78 bits per heavy atom. The van der Waals surface area contributed by atoms with Crippen LogP contribution in [0.5, 0.6) is 0 Å². The van der Waals surface area contributed by atoms with Crippen LogP contribution in [0.4, 0.5) is 4.79 Å². The molecule has 0 aliphatic heterocycles. The maximum absolute atomic E-state index is 12.3. The quantitative estimate of drug-likeness (QED) is 0.830. The van der Waals surface area contributed by atoms with Crippen LogP contribution in [0, 0.1) is 0 Å². The molecule has 0 radical (unpaired) electrons. The van der Waals surface area contributed by atoms with Crippen molar-refractivity contribution in [2.45, 2.75) is 32.9 Å². The molecule has 2 aromatic heterocycles. The third kappa shape index (κ3) is 4.41. The van der Waals surface area contributed by atoms with E-state index in [0.29, 0.717) is 4.47 Å². The lowest BCUT2D eigenvalue weighted by atomic mass is 10.2. The molecule has 2 heterocycles. The molecule has 9 heteroatoms. The van der Waals surface area contributed by atoms with E-state index >= 15 is 0 Å². The number of hydrogen-bond acceptors (Lipinski definition) is 5. The Labute approximate surface area is 140 Å². The summed E-state index contributed by atoms with van der Waals surface area (Å²) in [5.74, 6) is 0. The van der Waals surface area contributed by atoms with E-state index in [0.717, 1.165) is 4.57 Å². The molecule has 0 spiro atoms. The Bertz CT molecular complexity index is 850. The molecule has 0 fully saturated rings. The van der Waals surface area contributed by atoms with Crippen LogP contribution in [0.3, 0.4) is 0 Å². The van der Waals surface area contributed by atoms with Gasteiger partial charge in [0.15, 0.2) is 0 Å². The molecule has 2 aromatic rings. The molecule has 0 unspecified atom stereocenters. The van der Waals surface area contributed by atoms with Gasteiger partial charge in [0.25, 0.3) is 5.56 Å². The number of aromatic amines is 1. The smallest absolute Gasteiger partial charge is 0.407 e. The molecule has 0 aliphatic rings. The zero-order chi connectivity index (χ0) is 17.2. The second-order valence-electron chi connectivity index (χ2n) is 5.87.